The van der Waals surface area contributed by atoms with Crippen molar-refractivity contribution in [1.29, 1.82) is 0 Å². The van der Waals surface area contributed by atoms with Gasteiger partial charge < -0.3 is 0 Å². The van der Waals surface area contributed by atoms with Crippen LogP contribution in [0.5, 0.6) is 0 Å². The summed E-state index contributed by atoms with van der Waals surface area (Å²) in [6, 6.07) is 17.1. The van der Waals surface area contributed by atoms with Crippen molar-refractivity contribution < 1.29 is 0 Å². The molecule has 24 heavy (non-hydrogen) atoms. The maximum Gasteiger partial charge on any atom is 0.0698 e. The molecule has 0 saturated heterocycles. The first-order chi connectivity index (χ1) is 11.3. The van der Waals surface area contributed by atoms with E-state index in [1.807, 2.05) is 6.20 Å². The van der Waals surface area contributed by atoms with Crippen LogP contribution in [0.15, 0.2) is 59.2 Å². The molecular weight excluding hydrogens is 360 g/mol. The number of hydrogen-bond acceptors (Lipinski definition) is 1. The highest BCUT2D eigenvalue weighted by Crippen LogP contribution is 2.52. The molecule has 1 aromatic heterocycles. The van der Waals surface area contributed by atoms with E-state index in [0.29, 0.717) is 0 Å². The molecule has 0 radical (unpaired) electrons. The lowest BCUT2D eigenvalue weighted by molar-refractivity contribution is 0.276. The smallest absolute Gasteiger partial charge is 0.0698 e. The van der Waals surface area contributed by atoms with Crippen molar-refractivity contribution in [2.75, 3.05) is 0 Å². The van der Waals surface area contributed by atoms with Crippen LogP contribution in [0.3, 0.4) is 0 Å². The maximum absolute atomic E-state index is 4.77. The Morgan fingerprint density at radius 3 is 2.33 bits per heavy atom. The number of nitrogens with zero attached hydrogens (tertiary/aromatic N) is 2. The molecule has 0 bridgehead atoms. The molecule has 122 valence electrons. The average molecular weight is 381 g/mol. The lowest BCUT2D eigenvalue weighted by atomic mass is 9.59. The van der Waals surface area contributed by atoms with Crippen LogP contribution in [0.4, 0.5) is 0 Å². The molecule has 2 heterocycles. The molecule has 0 amide bonds. The fraction of sp³-hybridized carbons (Fsp3) is 0.286. The van der Waals surface area contributed by atoms with Gasteiger partial charge in [0, 0.05) is 20.9 Å². The average Bonchev–Trinajstić information content (AvgIpc) is 3.00. The van der Waals surface area contributed by atoms with Crippen LogP contribution in [0.1, 0.15) is 39.0 Å². The summed E-state index contributed by atoms with van der Waals surface area (Å²) in [4.78, 5) is 0. The third kappa shape index (κ3) is 1.97. The Hall–Kier alpha value is -1.87. The van der Waals surface area contributed by atoms with E-state index in [9.17, 15) is 0 Å². The van der Waals surface area contributed by atoms with Gasteiger partial charge in [-0.05, 0) is 23.3 Å². The Bertz CT molecular complexity index is 920. The predicted octanol–water partition coefficient (Wildman–Crippen LogP) is 5.87. The van der Waals surface area contributed by atoms with E-state index in [1.54, 1.807) is 0 Å². The van der Waals surface area contributed by atoms with Gasteiger partial charge in [-0.2, -0.15) is 5.10 Å². The van der Waals surface area contributed by atoms with Crippen LogP contribution in [0.2, 0.25) is 0 Å². The lowest BCUT2D eigenvalue weighted by Crippen LogP contribution is -2.46. The van der Waals surface area contributed by atoms with E-state index < -0.39 is 0 Å². The number of fused-ring (bicyclic) bond motifs is 3. The van der Waals surface area contributed by atoms with E-state index in [4.69, 9.17) is 5.10 Å². The molecular formula is C21H21BrN2. The maximum atomic E-state index is 4.77. The molecule has 0 unspecified atom stereocenters. The summed E-state index contributed by atoms with van der Waals surface area (Å²) in [7, 11) is 0. The minimum absolute atomic E-state index is 0.00258. The van der Waals surface area contributed by atoms with Crippen LogP contribution in [0, 0.1) is 0 Å². The zero-order valence-electron chi connectivity index (χ0n) is 14.5. The van der Waals surface area contributed by atoms with E-state index >= 15 is 0 Å². The number of halogens is 1. The second-order valence-electron chi connectivity index (χ2n) is 7.60. The van der Waals surface area contributed by atoms with Crippen molar-refractivity contribution in [1.82, 2.24) is 9.78 Å². The number of rotatable bonds is 1. The van der Waals surface area contributed by atoms with Gasteiger partial charge in [0.2, 0.25) is 0 Å². The van der Waals surface area contributed by atoms with Crippen molar-refractivity contribution in [2.45, 2.75) is 38.5 Å². The summed E-state index contributed by atoms with van der Waals surface area (Å²) in [6.45, 7) is 9.34. The number of hydrogen-bond donors (Lipinski definition) is 0. The lowest BCUT2D eigenvalue weighted by Gasteiger charge is -2.47. The molecule has 3 heteroatoms. The molecule has 0 fully saturated rings. The zero-order valence-corrected chi connectivity index (χ0v) is 16.1. The van der Waals surface area contributed by atoms with Gasteiger partial charge in [-0.25, -0.2) is 4.68 Å². The van der Waals surface area contributed by atoms with Crippen molar-refractivity contribution in [3.8, 4) is 16.8 Å². The first kappa shape index (κ1) is 15.6. The summed E-state index contributed by atoms with van der Waals surface area (Å²) in [5.74, 6) is 0. The first-order valence-corrected chi connectivity index (χ1v) is 9.07. The van der Waals surface area contributed by atoms with Crippen LogP contribution < -0.4 is 0 Å². The van der Waals surface area contributed by atoms with Gasteiger partial charge in [0.15, 0.2) is 0 Å². The molecule has 4 rings (SSSR count). The van der Waals surface area contributed by atoms with E-state index in [0.717, 1.165) is 4.47 Å². The van der Waals surface area contributed by atoms with Gasteiger partial charge in [-0.15, -0.1) is 0 Å². The Kier molecular flexibility index (Phi) is 3.30. The molecule has 1 aliphatic rings. The summed E-state index contributed by atoms with van der Waals surface area (Å²) in [5, 5.41) is 4.77. The standard InChI is InChI=1S/C21H21BrN2/c1-20(2)17-11-10-15(22)12-18(17)24-19(21(20,3)4)16(13-23-24)14-8-6-5-7-9-14/h5-13H,1-4H3. The Morgan fingerprint density at radius 2 is 1.62 bits per heavy atom. The summed E-state index contributed by atoms with van der Waals surface area (Å²) < 4.78 is 3.22. The van der Waals surface area contributed by atoms with Crippen molar-refractivity contribution >= 4 is 15.9 Å². The Morgan fingerprint density at radius 1 is 0.917 bits per heavy atom. The van der Waals surface area contributed by atoms with Crippen LogP contribution in [0.25, 0.3) is 16.8 Å². The fourth-order valence-electron chi connectivity index (χ4n) is 3.80. The second kappa shape index (κ2) is 5.06. The molecule has 0 atom stereocenters. The van der Waals surface area contributed by atoms with Crippen molar-refractivity contribution in [3.63, 3.8) is 0 Å². The van der Waals surface area contributed by atoms with Gasteiger partial charge in [0.25, 0.3) is 0 Å². The second-order valence-corrected chi connectivity index (χ2v) is 8.51. The minimum atomic E-state index is -0.0461. The molecule has 0 N–H and O–H groups in total. The predicted molar refractivity (Wildman–Crippen MR) is 103 cm³/mol. The Labute approximate surface area is 151 Å². The summed E-state index contributed by atoms with van der Waals surface area (Å²) in [6.07, 6.45) is 2.01. The van der Waals surface area contributed by atoms with Crippen LogP contribution in [-0.2, 0) is 10.8 Å². The monoisotopic (exact) mass is 380 g/mol. The molecule has 2 aromatic carbocycles. The van der Waals surface area contributed by atoms with E-state index in [-0.39, 0.29) is 10.8 Å². The molecule has 2 nitrogen and oxygen atoms in total. The van der Waals surface area contributed by atoms with Crippen molar-refractivity contribution in [2.24, 2.45) is 0 Å². The normalized spacial score (nSPS) is 17.2. The number of benzene rings is 2. The van der Waals surface area contributed by atoms with Gasteiger partial charge in [0.05, 0.1) is 17.6 Å². The number of aromatic nitrogens is 2. The van der Waals surface area contributed by atoms with Gasteiger partial charge in [0.1, 0.15) is 0 Å². The first-order valence-electron chi connectivity index (χ1n) is 8.28. The summed E-state index contributed by atoms with van der Waals surface area (Å²) in [5.41, 5.74) is 6.19. The van der Waals surface area contributed by atoms with Crippen LogP contribution >= 0.6 is 15.9 Å². The highest BCUT2D eigenvalue weighted by Gasteiger charge is 2.48. The Balaban J connectivity index is 2.08. The molecule has 0 saturated carbocycles. The van der Waals surface area contributed by atoms with Crippen LogP contribution in [-0.4, -0.2) is 9.78 Å². The highest BCUT2D eigenvalue weighted by molar-refractivity contribution is 9.10. The summed E-state index contributed by atoms with van der Waals surface area (Å²) >= 11 is 3.62. The topological polar surface area (TPSA) is 17.8 Å². The SMILES string of the molecule is CC1(C)c2ccc(Br)cc2-n2ncc(-c3ccccc3)c2C1(C)C. The van der Waals surface area contributed by atoms with Crippen molar-refractivity contribution in [3.05, 3.63) is 70.5 Å². The zero-order chi connectivity index (χ0) is 17.1. The highest BCUT2D eigenvalue weighted by atomic mass is 79.9. The van der Waals surface area contributed by atoms with E-state index in [2.05, 4.69) is 96.8 Å². The van der Waals surface area contributed by atoms with Gasteiger partial charge in [-0.3, -0.25) is 0 Å². The van der Waals surface area contributed by atoms with E-state index in [1.165, 1.54) is 28.1 Å². The largest absolute Gasteiger partial charge is 0.236 e. The quantitative estimate of drug-likeness (QED) is 0.515. The minimum Gasteiger partial charge on any atom is -0.236 e. The van der Waals surface area contributed by atoms with Gasteiger partial charge in [-0.1, -0.05) is 80.0 Å². The molecule has 3 aromatic rings. The third-order valence-corrected chi connectivity index (χ3v) is 6.36. The third-order valence-electron chi connectivity index (χ3n) is 5.87. The molecule has 1 aliphatic heterocycles. The van der Waals surface area contributed by atoms with Gasteiger partial charge >= 0.3 is 0 Å². The molecule has 0 spiro atoms. The molecule has 0 aliphatic carbocycles. The fourth-order valence-corrected chi connectivity index (χ4v) is 4.15.